The monoisotopic (exact) mass is 413 g/mol. The van der Waals surface area contributed by atoms with Crippen LogP contribution in [0.15, 0.2) is 53.8 Å². The molecule has 0 aliphatic heterocycles. The van der Waals surface area contributed by atoms with Crippen LogP contribution in [-0.4, -0.2) is 37.8 Å². The van der Waals surface area contributed by atoms with E-state index in [1.165, 1.54) is 11.1 Å². The number of nitrogens with one attached hydrogen (secondary N) is 1. The quantitative estimate of drug-likeness (QED) is 0.497. The number of nitrogens with two attached hydrogens (primary N) is 1. The number of anilines is 1. The number of amides is 1. The molecule has 8 heteroatoms. The fourth-order valence-corrected chi connectivity index (χ4v) is 4.06. The van der Waals surface area contributed by atoms with Crippen LogP contribution in [0.3, 0.4) is 0 Å². The minimum absolute atomic E-state index is 0.157. The largest absolute Gasteiger partial charge is 0.383 e. The summed E-state index contributed by atoms with van der Waals surface area (Å²) in [6.07, 6.45) is 8.72. The van der Waals surface area contributed by atoms with Crippen molar-refractivity contribution in [2.24, 2.45) is 5.10 Å². The summed E-state index contributed by atoms with van der Waals surface area (Å²) in [6.45, 7) is 0. The van der Waals surface area contributed by atoms with Gasteiger partial charge in [0, 0.05) is 12.2 Å². The van der Waals surface area contributed by atoms with Crippen molar-refractivity contribution in [2.45, 2.75) is 38.1 Å². The Hall–Kier alpha value is -3.81. The van der Waals surface area contributed by atoms with Crippen molar-refractivity contribution in [1.82, 2.24) is 24.9 Å². The first-order valence-electron chi connectivity index (χ1n) is 10.5. The Bertz CT molecular complexity index is 1270. The number of hydrogen-bond acceptors (Lipinski definition) is 6. The molecule has 156 valence electrons. The number of aromatic nitrogens is 4. The maximum Gasteiger partial charge on any atom is 0.257 e. The lowest BCUT2D eigenvalue weighted by atomic mass is 9.95. The molecular weight excluding hydrogens is 390 g/mol. The Balaban J connectivity index is 1.63. The number of para-hydroxylation sites is 2. The number of nitrogen functional groups attached to an aromatic ring is 1. The van der Waals surface area contributed by atoms with Gasteiger partial charge in [0.1, 0.15) is 16.9 Å². The number of benzene rings is 1. The van der Waals surface area contributed by atoms with Gasteiger partial charge in [-0.05, 0) is 37.1 Å². The zero-order valence-electron chi connectivity index (χ0n) is 17.0. The standard InChI is InChI=1S/C23H23N7O/c24-21-19(23(31)27-15-8-2-1-3-9-15)20-22(29-18-12-5-4-11-17(18)28-20)30(21)26-14-16-10-6-7-13-25-16/h4-7,10-15H,1-3,8-9,24H2,(H,27,31)/b26-14-. The Morgan fingerprint density at radius 1 is 1.06 bits per heavy atom. The van der Waals surface area contributed by atoms with Gasteiger partial charge < -0.3 is 11.1 Å². The van der Waals surface area contributed by atoms with Crippen LogP contribution in [0.4, 0.5) is 5.82 Å². The summed E-state index contributed by atoms with van der Waals surface area (Å²) in [6, 6.07) is 13.2. The molecule has 4 aromatic rings. The molecule has 3 aromatic heterocycles. The minimum Gasteiger partial charge on any atom is -0.383 e. The summed E-state index contributed by atoms with van der Waals surface area (Å²) in [5.74, 6) is -0.0171. The van der Waals surface area contributed by atoms with Gasteiger partial charge in [-0.2, -0.15) is 9.78 Å². The van der Waals surface area contributed by atoms with E-state index < -0.39 is 0 Å². The van der Waals surface area contributed by atoms with Gasteiger partial charge in [0.05, 0.1) is 22.9 Å². The second kappa shape index (κ2) is 8.14. The number of carbonyl (C=O) groups is 1. The number of rotatable bonds is 4. The first-order chi connectivity index (χ1) is 15.2. The Morgan fingerprint density at radius 2 is 1.81 bits per heavy atom. The van der Waals surface area contributed by atoms with E-state index in [-0.39, 0.29) is 17.8 Å². The van der Waals surface area contributed by atoms with Gasteiger partial charge >= 0.3 is 0 Å². The lowest BCUT2D eigenvalue weighted by molar-refractivity contribution is 0.0930. The van der Waals surface area contributed by atoms with Crippen molar-refractivity contribution in [2.75, 3.05) is 5.73 Å². The van der Waals surface area contributed by atoms with Crippen molar-refractivity contribution < 1.29 is 4.79 Å². The molecule has 31 heavy (non-hydrogen) atoms. The highest BCUT2D eigenvalue weighted by molar-refractivity contribution is 6.10. The van der Waals surface area contributed by atoms with E-state index in [4.69, 9.17) is 15.7 Å². The predicted molar refractivity (Wildman–Crippen MR) is 121 cm³/mol. The molecule has 1 aliphatic carbocycles. The van der Waals surface area contributed by atoms with Crippen LogP contribution in [0.25, 0.3) is 22.2 Å². The highest BCUT2D eigenvalue weighted by Gasteiger charge is 2.26. The molecule has 8 nitrogen and oxygen atoms in total. The highest BCUT2D eigenvalue weighted by atomic mass is 16.1. The average molecular weight is 413 g/mol. The van der Waals surface area contributed by atoms with E-state index >= 15 is 0 Å². The molecule has 1 amide bonds. The van der Waals surface area contributed by atoms with Crippen molar-refractivity contribution in [3.05, 3.63) is 59.9 Å². The first kappa shape index (κ1) is 19.2. The lowest BCUT2D eigenvalue weighted by Crippen LogP contribution is -2.36. The normalized spacial score (nSPS) is 15.1. The van der Waals surface area contributed by atoms with Gasteiger partial charge in [-0.3, -0.25) is 9.78 Å². The van der Waals surface area contributed by atoms with Gasteiger partial charge in [0.25, 0.3) is 5.91 Å². The highest BCUT2D eigenvalue weighted by Crippen LogP contribution is 2.28. The topological polar surface area (TPSA) is 111 Å². The van der Waals surface area contributed by atoms with Crippen LogP contribution < -0.4 is 11.1 Å². The van der Waals surface area contributed by atoms with Gasteiger partial charge in [0.2, 0.25) is 0 Å². The number of hydrogen-bond donors (Lipinski definition) is 2. The summed E-state index contributed by atoms with van der Waals surface area (Å²) in [5, 5.41) is 7.62. The summed E-state index contributed by atoms with van der Waals surface area (Å²) >= 11 is 0. The molecule has 1 saturated carbocycles. The number of nitrogens with zero attached hydrogens (tertiary/aromatic N) is 5. The Kier molecular flexibility index (Phi) is 5.03. The molecule has 1 aromatic carbocycles. The van der Waals surface area contributed by atoms with E-state index in [1.807, 2.05) is 42.5 Å². The molecule has 3 heterocycles. The van der Waals surface area contributed by atoms with Crippen LogP contribution in [0, 0.1) is 0 Å². The van der Waals surface area contributed by atoms with Crippen molar-refractivity contribution in [1.29, 1.82) is 0 Å². The molecule has 5 rings (SSSR count). The van der Waals surface area contributed by atoms with E-state index in [2.05, 4.69) is 15.4 Å². The minimum atomic E-state index is -0.231. The van der Waals surface area contributed by atoms with E-state index in [0.717, 1.165) is 25.7 Å². The van der Waals surface area contributed by atoms with Crippen molar-refractivity contribution >= 4 is 40.1 Å². The van der Waals surface area contributed by atoms with Crippen LogP contribution in [0.1, 0.15) is 48.2 Å². The molecule has 1 fully saturated rings. The number of carbonyl (C=O) groups excluding carboxylic acids is 1. The van der Waals surface area contributed by atoms with Gasteiger partial charge in [0.15, 0.2) is 5.65 Å². The number of pyridine rings is 1. The fraction of sp³-hybridized carbons (Fsp3) is 0.261. The molecule has 0 radical (unpaired) electrons. The molecule has 1 aliphatic rings. The van der Waals surface area contributed by atoms with E-state index in [1.54, 1.807) is 12.4 Å². The maximum atomic E-state index is 13.2. The van der Waals surface area contributed by atoms with Gasteiger partial charge in [-0.1, -0.05) is 37.5 Å². The second-order valence-corrected chi connectivity index (χ2v) is 7.76. The molecule has 0 spiro atoms. The smallest absolute Gasteiger partial charge is 0.257 e. The summed E-state index contributed by atoms with van der Waals surface area (Å²) in [5.41, 5.74) is 9.73. The second-order valence-electron chi connectivity index (χ2n) is 7.76. The molecule has 3 N–H and O–H groups in total. The maximum absolute atomic E-state index is 13.2. The average Bonchev–Trinajstić information content (AvgIpc) is 3.07. The van der Waals surface area contributed by atoms with Crippen LogP contribution in [-0.2, 0) is 0 Å². The van der Waals surface area contributed by atoms with Crippen LogP contribution >= 0.6 is 0 Å². The summed E-state index contributed by atoms with van der Waals surface area (Å²) in [7, 11) is 0. The summed E-state index contributed by atoms with van der Waals surface area (Å²) < 4.78 is 1.47. The van der Waals surface area contributed by atoms with Gasteiger partial charge in [-0.25, -0.2) is 9.97 Å². The van der Waals surface area contributed by atoms with Crippen LogP contribution in [0.5, 0.6) is 0 Å². The van der Waals surface area contributed by atoms with E-state index in [0.29, 0.717) is 33.5 Å². The van der Waals surface area contributed by atoms with Crippen molar-refractivity contribution in [3.63, 3.8) is 0 Å². The number of fused-ring (bicyclic) bond motifs is 2. The third-order valence-electron chi connectivity index (χ3n) is 5.63. The first-order valence-corrected chi connectivity index (χ1v) is 10.5. The zero-order valence-corrected chi connectivity index (χ0v) is 17.0. The van der Waals surface area contributed by atoms with E-state index in [9.17, 15) is 4.79 Å². The van der Waals surface area contributed by atoms with Crippen molar-refractivity contribution in [3.8, 4) is 0 Å². The fourth-order valence-electron chi connectivity index (χ4n) is 4.06. The Morgan fingerprint density at radius 3 is 2.55 bits per heavy atom. The molecular formula is C23H23N7O. The van der Waals surface area contributed by atoms with Gasteiger partial charge in [-0.15, -0.1) is 0 Å². The SMILES string of the molecule is Nc1c(C(=O)NC2CCCCC2)c2nc3ccccc3nc2n1/N=C\c1ccccn1. The van der Waals surface area contributed by atoms with Crippen LogP contribution in [0.2, 0.25) is 0 Å². The Labute approximate surface area is 179 Å². The third kappa shape index (κ3) is 3.72. The lowest BCUT2D eigenvalue weighted by Gasteiger charge is -2.22. The predicted octanol–water partition coefficient (Wildman–Crippen LogP) is 3.51. The third-order valence-corrected chi connectivity index (χ3v) is 5.63. The molecule has 0 unspecified atom stereocenters. The molecule has 0 saturated heterocycles. The molecule has 0 bridgehead atoms. The summed E-state index contributed by atoms with van der Waals surface area (Å²) in [4.78, 5) is 26.9. The molecule has 0 atom stereocenters. The zero-order chi connectivity index (χ0) is 21.2.